The van der Waals surface area contributed by atoms with Gasteiger partial charge in [-0.3, -0.25) is 24.2 Å². The maximum absolute atomic E-state index is 13.7. The number of halogens is 2. The number of nitrogens with zero attached hydrogens (tertiary/aromatic N) is 5. The highest BCUT2D eigenvalue weighted by atomic mass is 35.5. The molecule has 0 bridgehead atoms. The zero-order valence-corrected chi connectivity index (χ0v) is 31.1. The Morgan fingerprint density at radius 2 is 1.61 bits per heavy atom. The molecule has 0 N–H and O–H groups in total. The minimum absolute atomic E-state index is 0.0173. The third-order valence-electron chi connectivity index (χ3n) is 8.64. The van der Waals surface area contributed by atoms with Crippen LogP contribution in [-0.4, -0.2) is 86.7 Å². The van der Waals surface area contributed by atoms with Gasteiger partial charge in [0, 0.05) is 37.9 Å². The van der Waals surface area contributed by atoms with E-state index >= 15 is 0 Å². The van der Waals surface area contributed by atoms with Crippen LogP contribution in [0.15, 0.2) is 59.5 Å². The summed E-state index contributed by atoms with van der Waals surface area (Å²) in [6.45, 7) is 5.65. The van der Waals surface area contributed by atoms with Gasteiger partial charge in [-0.1, -0.05) is 64.8 Å². The van der Waals surface area contributed by atoms with Gasteiger partial charge >= 0.3 is 0 Å². The number of aromatic nitrogens is 2. The average Bonchev–Trinajstić information content (AvgIpc) is 3.28. The monoisotopic (exact) mass is 763 g/mol. The van der Waals surface area contributed by atoms with Crippen LogP contribution in [0.4, 0.5) is 5.95 Å². The van der Waals surface area contributed by atoms with Crippen LogP contribution in [0.25, 0.3) is 0 Å². The number of sulfonamides is 1. The van der Waals surface area contributed by atoms with Gasteiger partial charge in [0.2, 0.25) is 26.3 Å². The maximum atomic E-state index is 13.7. The first-order chi connectivity index (χ1) is 23.3. The molecular formula is C33H35Cl2N5O6S3. The van der Waals surface area contributed by atoms with Crippen molar-refractivity contribution in [2.24, 2.45) is 0 Å². The predicted octanol–water partition coefficient (Wildman–Crippen LogP) is 6.17. The van der Waals surface area contributed by atoms with Crippen molar-refractivity contribution in [1.82, 2.24) is 19.2 Å². The van der Waals surface area contributed by atoms with E-state index in [1.807, 2.05) is 13.8 Å². The molecule has 16 heteroatoms. The van der Waals surface area contributed by atoms with Crippen LogP contribution in [-0.2, 0) is 19.6 Å². The van der Waals surface area contributed by atoms with Crippen molar-refractivity contribution in [3.63, 3.8) is 0 Å². The second-order valence-corrected chi connectivity index (χ2v) is 16.4. The van der Waals surface area contributed by atoms with Crippen molar-refractivity contribution in [2.45, 2.75) is 62.1 Å². The molecular weight excluding hydrogens is 729 g/mol. The van der Waals surface area contributed by atoms with E-state index in [0.717, 1.165) is 5.56 Å². The second kappa shape index (κ2) is 15.4. The number of piperidine rings is 1. The van der Waals surface area contributed by atoms with Gasteiger partial charge in [-0.2, -0.15) is 4.31 Å². The zero-order chi connectivity index (χ0) is 35.5. The van der Waals surface area contributed by atoms with E-state index in [1.165, 1.54) is 38.9 Å². The quantitative estimate of drug-likeness (QED) is 0.127. The highest BCUT2D eigenvalue weighted by Crippen LogP contribution is 2.41. The molecule has 5 rings (SSSR count). The summed E-state index contributed by atoms with van der Waals surface area (Å²) in [5.74, 6) is -1.18. The van der Waals surface area contributed by atoms with Crippen LogP contribution in [0.5, 0.6) is 0 Å². The van der Waals surface area contributed by atoms with Gasteiger partial charge in [0.1, 0.15) is 10.3 Å². The van der Waals surface area contributed by atoms with Crippen LogP contribution in [0.3, 0.4) is 0 Å². The summed E-state index contributed by atoms with van der Waals surface area (Å²) in [6.07, 6.45) is 0.978. The van der Waals surface area contributed by atoms with Gasteiger partial charge in [-0.25, -0.2) is 18.4 Å². The number of rotatable bonds is 11. The molecule has 3 aromatic rings. The molecule has 0 spiro atoms. The van der Waals surface area contributed by atoms with Crippen molar-refractivity contribution >= 4 is 85.3 Å². The fourth-order valence-electron chi connectivity index (χ4n) is 6.32. The molecule has 0 aliphatic carbocycles. The SMILES string of the molecule is CCOC(=S)SC(CCN1C(=O)c2ccccc2C1=O)CC1(N(C(C)=O)c2nc(Cl)cc(Cl)n2)CCN(S(=O)(=O)c2ccc(C)cc2)CC1. The molecule has 49 heavy (non-hydrogen) atoms. The predicted molar refractivity (Wildman–Crippen MR) is 194 cm³/mol. The average molecular weight is 765 g/mol. The summed E-state index contributed by atoms with van der Waals surface area (Å²) in [4.78, 5) is 51.5. The van der Waals surface area contributed by atoms with Crippen molar-refractivity contribution < 1.29 is 27.5 Å². The van der Waals surface area contributed by atoms with Crippen molar-refractivity contribution in [3.8, 4) is 0 Å². The standard InChI is InChI=1S/C33H35Cl2N5O6S3/c1-4-46-32(47)48-23(13-16-39-29(42)25-7-5-6-8-26(25)30(39)43)20-33(40(22(3)41)31-36-27(34)19-28(35)37-31)14-17-38(18-15-33)49(44,45)24-11-9-21(2)10-12-24/h5-12,19,23H,4,13-18,20H2,1-3H3. The lowest BCUT2D eigenvalue weighted by atomic mass is 9.81. The number of anilines is 1. The van der Waals surface area contributed by atoms with Crippen LogP contribution < -0.4 is 4.90 Å². The first-order valence-electron chi connectivity index (χ1n) is 15.6. The maximum Gasteiger partial charge on any atom is 0.261 e. The molecule has 1 fully saturated rings. The van der Waals surface area contributed by atoms with Crippen molar-refractivity contribution in [1.29, 1.82) is 0 Å². The summed E-state index contributed by atoms with van der Waals surface area (Å²) in [5, 5.41) is -0.324. The third kappa shape index (κ3) is 8.10. The second-order valence-electron chi connectivity index (χ2n) is 11.8. The Bertz CT molecular complexity index is 1820. The largest absolute Gasteiger partial charge is 0.479 e. The number of imide groups is 1. The number of carbonyl (C=O) groups excluding carboxylic acids is 3. The third-order valence-corrected chi connectivity index (χ3v) is 12.4. The molecule has 1 unspecified atom stereocenters. The summed E-state index contributed by atoms with van der Waals surface area (Å²) < 4.78 is 34.7. The summed E-state index contributed by atoms with van der Waals surface area (Å²) >= 11 is 19.3. The van der Waals surface area contributed by atoms with Crippen molar-refractivity contribution in [2.75, 3.05) is 31.1 Å². The van der Waals surface area contributed by atoms with E-state index in [1.54, 1.807) is 48.5 Å². The number of thioether (sulfide) groups is 1. The van der Waals surface area contributed by atoms with E-state index in [2.05, 4.69) is 9.97 Å². The number of aryl methyl sites for hydroxylation is 1. The van der Waals surface area contributed by atoms with Gasteiger partial charge in [0.15, 0.2) is 0 Å². The Hall–Kier alpha value is -3.14. The molecule has 1 saturated heterocycles. The molecule has 1 atom stereocenters. The Kier molecular flexibility index (Phi) is 11.7. The lowest BCUT2D eigenvalue weighted by molar-refractivity contribution is -0.118. The number of hydrogen-bond donors (Lipinski definition) is 0. The van der Waals surface area contributed by atoms with Crippen LogP contribution in [0, 0.1) is 6.92 Å². The zero-order valence-electron chi connectivity index (χ0n) is 27.1. The Morgan fingerprint density at radius 1 is 1.04 bits per heavy atom. The Labute approximate surface area is 305 Å². The normalized spacial score (nSPS) is 16.7. The van der Waals surface area contributed by atoms with Crippen LogP contribution >= 0.6 is 47.2 Å². The fraction of sp³-hybridized carbons (Fsp3) is 0.394. The minimum Gasteiger partial charge on any atom is -0.479 e. The molecule has 1 aromatic heterocycles. The first kappa shape index (κ1) is 37.1. The van der Waals surface area contributed by atoms with Crippen LogP contribution in [0.2, 0.25) is 10.3 Å². The summed E-state index contributed by atoms with van der Waals surface area (Å²) in [6, 6.07) is 14.7. The highest BCUT2D eigenvalue weighted by molar-refractivity contribution is 8.23. The number of thiocarbonyl (C=S) groups is 1. The Balaban J connectivity index is 1.49. The van der Waals surface area contributed by atoms with E-state index in [4.69, 9.17) is 40.2 Å². The van der Waals surface area contributed by atoms with Gasteiger partial charge in [0.05, 0.1) is 28.2 Å². The van der Waals surface area contributed by atoms with Gasteiger partial charge in [0.25, 0.3) is 11.8 Å². The van der Waals surface area contributed by atoms with E-state index in [9.17, 15) is 22.8 Å². The molecule has 2 aromatic carbocycles. The van der Waals surface area contributed by atoms with E-state index in [-0.39, 0.29) is 81.5 Å². The lowest BCUT2D eigenvalue weighted by Crippen LogP contribution is -2.59. The molecule has 11 nitrogen and oxygen atoms in total. The molecule has 2 aliphatic heterocycles. The fourth-order valence-corrected chi connectivity index (χ4v) is 9.77. The molecule has 0 saturated carbocycles. The van der Waals surface area contributed by atoms with Gasteiger partial charge < -0.3 is 4.74 Å². The van der Waals surface area contributed by atoms with Crippen LogP contribution in [0.1, 0.15) is 65.8 Å². The Morgan fingerprint density at radius 3 is 2.14 bits per heavy atom. The first-order valence-corrected chi connectivity index (χ1v) is 19.1. The minimum atomic E-state index is -3.84. The number of carbonyl (C=O) groups is 3. The van der Waals surface area contributed by atoms with Gasteiger partial charge in [-0.15, -0.1) is 0 Å². The molecule has 0 radical (unpaired) electrons. The summed E-state index contributed by atoms with van der Waals surface area (Å²) in [5.41, 5.74) is 0.583. The van der Waals surface area contributed by atoms with Crippen molar-refractivity contribution in [3.05, 3.63) is 81.6 Å². The van der Waals surface area contributed by atoms with Gasteiger partial charge in [-0.05, 0) is 76.0 Å². The number of fused-ring (bicyclic) bond motifs is 1. The number of benzene rings is 2. The summed E-state index contributed by atoms with van der Waals surface area (Å²) in [7, 11) is -3.84. The van der Waals surface area contributed by atoms with E-state index < -0.39 is 21.5 Å². The molecule has 2 aliphatic rings. The molecule has 3 amide bonds. The number of amides is 3. The highest BCUT2D eigenvalue weighted by Gasteiger charge is 2.47. The number of hydrogen-bond acceptors (Lipinski definition) is 10. The van der Waals surface area contributed by atoms with E-state index in [0.29, 0.717) is 24.2 Å². The smallest absolute Gasteiger partial charge is 0.261 e. The lowest BCUT2D eigenvalue weighted by Gasteiger charge is -2.48. The topological polar surface area (TPSA) is 130 Å². The molecule has 260 valence electrons. The molecule has 3 heterocycles. The number of ether oxygens (including phenoxy) is 1.